The number of aliphatic carboxylic acids is 1. The maximum absolute atomic E-state index is 11.8. The Hall–Kier alpha value is -1.75. The van der Waals surface area contributed by atoms with Gasteiger partial charge in [0.15, 0.2) is 0 Å². The Balaban J connectivity index is 2.20. The highest BCUT2D eigenvalue weighted by molar-refractivity contribution is 6.33. The Morgan fingerprint density at radius 3 is 2.55 bits per heavy atom. The second kappa shape index (κ2) is 8.43. The first-order chi connectivity index (χ1) is 9.50. The highest BCUT2D eigenvalue weighted by Crippen LogP contribution is 2.19. The van der Waals surface area contributed by atoms with E-state index >= 15 is 0 Å². The molecule has 1 rings (SSSR count). The van der Waals surface area contributed by atoms with Crippen LogP contribution in [0.15, 0.2) is 18.2 Å². The number of carboxylic acid groups (broad SMARTS) is 1. The van der Waals surface area contributed by atoms with Gasteiger partial charge in [-0.2, -0.15) is 0 Å². The first-order valence-corrected chi connectivity index (χ1v) is 6.93. The zero-order valence-electron chi connectivity index (χ0n) is 11.2. The maximum Gasteiger partial charge on any atom is 0.303 e. The summed E-state index contributed by atoms with van der Waals surface area (Å²) in [6, 6.07) is 4.77. The zero-order valence-corrected chi connectivity index (χ0v) is 11.9. The fraction of sp³-hybridized carbons (Fsp3) is 0.429. The Bertz CT molecular complexity index is 477. The quantitative estimate of drug-likeness (QED) is 0.508. The molecule has 0 aliphatic rings. The van der Waals surface area contributed by atoms with Crippen LogP contribution in [-0.4, -0.2) is 23.5 Å². The summed E-state index contributed by atoms with van der Waals surface area (Å²) in [7, 11) is 0. The number of amides is 1. The van der Waals surface area contributed by atoms with Crippen molar-refractivity contribution in [2.24, 2.45) is 0 Å². The lowest BCUT2D eigenvalue weighted by Gasteiger charge is -2.06. The number of carbonyl (C=O) groups excluding carboxylic acids is 1. The van der Waals surface area contributed by atoms with Gasteiger partial charge in [0.05, 0.1) is 10.7 Å². The molecule has 5 nitrogen and oxygen atoms in total. The van der Waals surface area contributed by atoms with Gasteiger partial charge < -0.3 is 16.2 Å². The largest absolute Gasteiger partial charge is 0.481 e. The van der Waals surface area contributed by atoms with Crippen LogP contribution in [0.4, 0.5) is 5.69 Å². The lowest BCUT2D eigenvalue weighted by molar-refractivity contribution is -0.137. The molecular weight excluding hydrogens is 280 g/mol. The maximum atomic E-state index is 11.8. The van der Waals surface area contributed by atoms with Crippen molar-refractivity contribution >= 4 is 29.2 Å². The lowest BCUT2D eigenvalue weighted by Crippen LogP contribution is -2.24. The summed E-state index contributed by atoms with van der Waals surface area (Å²) in [6.07, 6.45) is 3.47. The number of hydrogen-bond acceptors (Lipinski definition) is 3. The van der Waals surface area contributed by atoms with Gasteiger partial charge in [-0.15, -0.1) is 0 Å². The smallest absolute Gasteiger partial charge is 0.303 e. The van der Waals surface area contributed by atoms with Crippen molar-refractivity contribution in [3.8, 4) is 0 Å². The second-order valence-corrected chi connectivity index (χ2v) is 4.96. The summed E-state index contributed by atoms with van der Waals surface area (Å²) in [4.78, 5) is 22.1. The fourth-order valence-electron chi connectivity index (χ4n) is 1.73. The van der Waals surface area contributed by atoms with Crippen molar-refractivity contribution in [1.29, 1.82) is 0 Å². The van der Waals surface area contributed by atoms with Gasteiger partial charge in [-0.1, -0.05) is 24.4 Å². The van der Waals surface area contributed by atoms with Crippen LogP contribution >= 0.6 is 11.6 Å². The van der Waals surface area contributed by atoms with Crippen molar-refractivity contribution in [2.75, 3.05) is 12.3 Å². The van der Waals surface area contributed by atoms with E-state index in [0.29, 0.717) is 29.2 Å². The van der Waals surface area contributed by atoms with Gasteiger partial charge in [-0.3, -0.25) is 9.59 Å². The Morgan fingerprint density at radius 1 is 1.20 bits per heavy atom. The van der Waals surface area contributed by atoms with Crippen LogP contribution in [-0.2, 0) is 4.79 Å². The molecule has 0 fully saturated rings. The van der Waals surface area contributed by atoms with Crippen LogP contribution in [0, 0.1) is 0 Å². The van der Waals surface area contributed by atoms with Crippen LogP contribution in [0.1, 0.15) is 42.5 Å². The number of benzene rings is 1. The topological polar surface area (TPSA) is 92.4 Å². The van der Waals surface area contributed by atoms with Crippen molar-refractivity contribution in [1.82, 2.24) is 5.32 Å². The van der Waals surface area contributed by atoms with Gasteiger partial charge in [0.2, 0.25) is 0 Å². The monoisotopic (exact) mass is 298 g/mol. The van der Waals surface area contributed by atoms with Crippen LogP contribution in [0.2, 0.25) is 5.02 Å². The molecule has 0 aliphatic carbocycles. The van der Waals surface area contributed by atoms with Gasteiger partial charge in [-0.25, -0.2) is 0 Å². The van der Waals surface area contributed by atoms with E-state index in [1.165, 1.54) is 0 Å². The summed E-state index contributed by atoms with van der Waals surface area (Å²) in [5.41, 5.74) is 6.50. The second-order valence-electron chi connectivity index (χ2n) is 4.55. The molecular formula is C14H19ClN2O3. The highest BCUT2D eigenvalue weighted by Gasteiger charge is 2.06. The molecule has 0 aliphatic heterocycles. The molecule has 0 heterocycles. The molecule has 0 aromatic heterocycles. The summed E-state index contributed by atoms with van der Waals surface area (Å²) < 4.78 is 0. The van der Waals surface area contributed by atoms with Crippen molar-refractivity contribution in [3.05, 3.63) is 28.8 Å². The first kappa shape index (κ1) is 16.3. The number of hydrogen-bond donors (Lipinski definition) is 3. The van der Waals surface area contributed by atoms with E-state index in [9.17, 15) is 9.59 Å². The SMILES string of the molecule is Nc1ccc(C(=O)NCCCCCCC(=O)O)cc1Cl. The normalized spacial score (nSPS) is 10.2. The molecule has 1 aromatic rings. The molecule has 1 amide bonds. The molecule has 110 valence electrons. The van der Waals surface area contributed by atoms with Crippen LogP contribution in [0.3, 0.4) is 0 Å². The van der Waals surface area contributed by atoms with Gasteiger partial charge in [-0.05, 0) is 31.0 Å². The van der Waals surface area contributed by atoms with Gasteiger partial charge in [0.1, 0.15) is 0 Å². The highest BCUT2D eigenvalue weighted by atomic mass is 35.5. The Labute approximate surface area is 123 Å². The average molecular weight is 299 g/mol. The molecule has 20 heavy (non-hydrogen) atoms. The number of carboxylic acids is 1. The minimum atomic E-state index is -0.765. The molecule has 0 saturated heterocycles. The van der Waals surface area contributed by atoms with Crippen molar-refractivity contribution in [2.45, 2.75) is 32.1 Å². The molecule has 0 saturated carbocycles. The Morgan fingerprint density at radius 2 is 1.90 bits per heavy atom. The summed E-state index contributed by atoms with van der Waals surface area (Å²) in [6.45, 7) is 0.563. The van der Waals surface area contributed by atoms with E-state index in [4.69, 9.17) is 22.4 Å². The van der Waals surface area contributed by atoms with Crippen LogP contribution in [0.25, 0.3) is 0 Å². The predicted molar refractivity (Wildman–Crippen MR) is 78.9 cm³/mol. The summed E-state index contributed by atoms with van der Waals surface area (Å²) in [5, 5.41) is 11.6. The van der Waals surface area contributed by atoms with E-state index < -0.39 is 5.97 Å². The first-order valence-electron chi connectivity index (χ1n) is 6.55. The molecule has 0 atom stereocenters. The summed E-state index contributed by atoms with van der Waals surface area (Å²) >= 11 is 5.85. The zero-order chi connectivity index (χ0) is 15.0. The predicted octanol–water partition coefficient (Wildman–Crippen LogP) is 2.69. The minimum absolute atomic E-state index is 0.183. The van der Waals surface area contributed by atoms with E-state index in [1.54, 1.807) is 18.2 Å². The molecule has 1 aromatic carbocycles. The summed E-state index contributed by atoms with van der Waals surface area (Å²) in [5.74, 6) is -0.948. The Kier molecular flexibility index (Phi) is 6.87. The number of nitrogen functional groups attached to an aromatic ring is 1. The third-order valence-corrected chi connectivity index (χ3v) is 3.19. The number of carbonyl (C=O) groups is 2. The molecule has 0 radical (unpaired) electrons. The third-order valence-electron chi connectivity index (χ3n) is 2.87. The number of nitrogens with two attached hydrogens (primary N) is 1. The average Bonchev–Trinajstić information content (AvgIpc) is 2.40. The van der Waals surface area contributed by atoms with Crippen LogP contribution < -0.4 is 11.1 Å². The number of nitrogens with one attached hydrogen (secondary N) is 1. The molecule has 0 unspecified atom stereocenters. The third kappa shape index (κ3) is 5.93. The van der Waals surface area contributed by atoms with E-state index in [0.717, 1.165) is 19.3 Å². The van der Waals surface area contributed by atoms with E-state index in [2.05, 4.69) is 5.32 Å². The fourth-order valence-corrected chi connectivity index (χ4v) is 1.91. The number of rotatable bonds is 8. The van der Waals surface area contributed by atoms with Crippen LogP contribution in [0.5, 0.6) is 0 Å². The molecule has 0 spiro atoms. The van der Waals surface area contributed by atoms with Gasteiger partial charge in [0.25, 0.3) is 5.91 Å². The number of anilines is 1. The van der Waals surface area contributed by atoms with Crippen molar-refractivity contribution < 1.29 is 14.7 Å². The van der Waals surface area contributed by atoms with E-state index in [1.807, 2.05) is 0 Å². The van der Waals surface area contributed by atoms with Crippen molar-refractivity contribution in [3.63, 3.8) is 0 Å². The standard InChI is InChI=1S/C14H19ClN2O3/c15-11-9-10(6-7-12(11)16)14(20)17-8-4-2-1-3-5-13(18)19/h6-7,9H,1-5,8,16H2,(H,17,20)(H,18,19). The molecule has 0 bridgehead atoms. The number of halogens is 1. The molecule has 6 heteroatoms. The molecule has 4 N–H and O–H groups in total. The number of unbranched alkanes of at least 4 members (excludes halogenated alkanes) is 3. The van der Waals surface area contributed by atoms with Gasteiger partial charge >= 0.3 is 5.97 Å². The minimum Gasteiger partial charge on any atom is -0.481 e. The van der Waals surface area contributed by atoms with E-state index in [-0.39, 0.29) is 12.3 Å². The van der Waals surface area contributed by atoms with Gasteiger partial charge in [0, 0.05) is 18.5 Å². The lowest BCUT2D eigenvalue weighted by atomic mass is 10.1.